The Morgan fingerprint density at radius 1 is 1.64 bits per heavy atom. The highest BCUT2D eigenvalue weighted by molar-refractivity contribution is 5.01. The molecule has 1 aromatic heterocycles. The van der Waals surface area contributed by atoms with Crippen LogP contribution in [-0.2, 0) is 6.42 Å². The summed E-state index contributed by atoms with van der Waals surface area (Å²) >= 11 is 0. The molecule has 0 atom stereocenters. The van der Waals surface area contributed by atoms with Crippen molar-refractivity contribution >= 4 is 0 Å². The van der Waals surface area contributed by atoms with Gasteiger partial charge in [-0.2, -0.15) is 0 Å². The van der Waals surface area contributed by atoms with Crippen LogP contribution in [0.2, 0.25) is 0 Å². The summed E-state index contributed by atoms with van der Waals surface area (Å²) in [5.41, 5.74) is 0.178. The Labute approximate surface area is 65.5 Å². The lowest BCUT2D eigenvalue weighted by atomic mass is 10.0. The number of hydrogen-bond donors (Lipinski definition) is 2. The lowest BCUT2D eigenvalue weighted by Crippen LogP contribution is -2.10. The number of aliphatic hydroxyl groups excluding tert-OH is 1. The molecule has 0 aromatic carbocycles. The van der Waals surface area contributed by atoms with Gasteiger partial charge in [0.15, 0.2) is 0 Å². The number of aromatic amines is 1. The Morgan fingerprint density at radius 2 is 2.45 bits per heavy atom. The number of nitrogens with zero attached hydrogens (tertiary/aromatic N) is 1. The maximum Gasteiger partial charge on any atom is 0.106 e. The lowest BCUT2D eigenvalue weighted by Gasteiger charge is -2.07. The third kappa shape index (κ3) is 1.28. The van der Waals surface area contributed by atoms with Gasteiger partial charge < -0.3 is 10.1 Å². The van der Waals surface area contributed by atoms with Crippen molar-refractivity contribution in [3.8, 4) is 0 Å². The number of aliphatic hydroxyl groups is 1. The second-order valence-electron chi connectivity index (χ2n) is 3.37. The largest absolute Gasteiger partial charge is 0.396 e. The highest BCUT2D eigenvalue weighted by atomic mass is 16.3. The van der Waals surface area contributed by atoms with E-state index in [9.17, 15) is 0 Å². The van der Waals surface area contributed by atoms with Crippen molar-refractivity contribution in [3.63, 3.8) is 0 Å². The van der Waals surface area contributed by atoms with Crippen LogP contribution in [0.15, 0.2) is 12.4 Å². The van der Waals surface area contributed by atoms with Crippen LogP contribution in [0, 0.1) is 5.41 Å². The summed E-state index contributed by atoms with van der Waals surface area (Å²) in [7, 11) is 0. The molecule has 0 bridgehead atoms. The highest BCUT2D eigenvalue weighted by Crippen LogP contribution is 2.47. The van der Waals surface area contributed by atoms with Crippen molar-refractivity contribution < 1.29 is 5.11 Å². The Bertz CT molecular complexity index is 226. The maximum absolute atomic E-state index is 9.01. The van der Waals surface area contributed by atoms with E-state index in [1.807, 2.05) is 6.20 Å². The van der Waals surface area contributed by atoms with Crippen LogP contribution in [0.1, 0.15) is 18.7 Å². The topological polar surface area (TPSA) is 48.9 Å². The van der Waals surface area contributed by atoms with Gasteiger partial charge in [-0.25, -0.2) is 4.98 Å². The van der Waals surface area contributed by atoms with Crippen LogP contribution < -0.4 is 0 Å². The second kappa shape index (κ2) is 2.34. The van der Waals surface area contributed by atoms with Crippen LogP contribution in [0.25, 0.3) is 0 Å². The predicted molar refractivity (Wildman–Crippen MR) is 41.0 cm³/mol. The summed E-state index contributed by atoms with van der Waals surface area (Å²) in [4.78, 5) is 7.17. The molecule has 1 fully saturated rings. The lowest BCUT2D eigenvalue weighted by molar-refractivity contribution is 0.209. The average Bonchev–Trinajstić information content (AvgIpc) is 2.59. The molecular formula is C8H12N2O. The van der Waals surface area contributed by atoms with E-state index < -0.39 is 0 Å². The molecule has 1 saturated carbocycles. The fraction of sp³-hybridized carbons (Fsp3) is 0.625. The van der Waals surface area contributed by atoms with Gasteiger partial charge in [0.05, 0.1) is 0 Å². The quantitative estimate of drug-likeness (QED) is 0.670. The van der Waals surface area contributed by atoms with E-state index in [1.165, 1.54) is 0 Å². The van der Waals surface area contributed by atoms with E-state index in [2.05, 4.69) is 9.97 Å². The van der Waals surface area contributed by atoms with E-state index in [0.717, 1.165) is 25.1 Å². The Morgan fingerprint density at radius 3 is 2.91 bits per heavy atom. The maximum atomic E-state index is 9.01. The molecule has 1 aliphatic rings. The third-order valence-corrected chi connectivity index (χ3v) is 2.39. The van der Waals surface area contributed by atoms with Crippen molar-refractivity contribution in [1.29, 1.82) is 0 Å². The summed E-state index contributed by atoms with van der Waals surface area (Å²) in [6.07, 6.45) is 6.76. The van der Waals surface area contributed by atoms with Crippen molar-refractivity contribution in [1.82, 2.24) is 9.97 Å². The van der Waals surface area contributed by atoms with Crippen LogP contribution in [0.4, 0.5) is 0 Å². The van der Waals surface area contributed by atoms with Crippen molar-refractivity contribution in [2.75, 3.05) is 6.61 Å². The monoisotopic (exact) mass is 152 g/mol. The number of imidazole rings is 1. The normalized spacial score (nSPS) is 20.1. The molecule has 0 spiro atoms. The number of rotatable bonds is 3. The Hall–Kier alpha value is -0.830. The molecule has 0 unspecified atom stereocenters. The number of nitrogens with one attached hydrogen (secondary N) is 1. The first-order valence-electron chi connectivity index (χ1n) is 3.94. The first-order valence-corrected chi connectivity index (χ1v) is 3.94. The van der Waals surface area contributed by atoms with Gasteiger partial charge in [-0.15, -0.1) is 0 Å². The van der Waals surface area contributed by atoms with E-state index in [4.69, 9.17) is 5.11 Å². The molecular weight excluding hydrogens is 140 g/mol. The van der Waals surface area contributed by atoms with Gasteiger partial charge in [0, 0.05) is 30.8 Å². The van der Waals surface area contributed by atoms with Crippen molar-refractivity contribution in [2.24, 2.45) is 5.41 Å². The Balaban J connectivity index is 2.01. The molecule has 0 radical (unpaired) electrons. The third-order valence-electron chi connectivity index (χ3n) is 2.39. The zero-order chi connectivity index (χ0) is 7.73. The minimum Gasteiger partial charge on any atom is -0.396 e. The summed E-state index contributed by atoms with van der Waals surface area (Å²) < 4.78 is 0. The molecule has 60 valence electrons. The number of hydrogen-bond acceptors (Lipinski definition) is 2. The summed E-state index contributed by atoms with van der Waals surface area (Å²) in [5.74, 6) is 0.997. The molecule has 1 heterocycles. The van der Waals surface area contributed by atoms with Crippen molar-refractivity contribution in [2.45, 2.75) is 19.3 Å². The fourth-order valence-electron chi connectivity index (χ4n) is 1.32. The standard InChI is InChI=1S/C8H12N2O/c11-6-8(1-2-8)5-7-9-3-4-10-7/h3-4,11H,1-2,5-6H2,(H,9,10). The van der Waals surface area contributed by atoms with Gasteiger partial charge in [0.2, 0.25) is 0 Å². The molecule has 1 aromatic rings. The molecule has 3 nitrogen and oxygen atoms in total. The number of H-pyrrole nitrogens is 1. The van der Waals surface area contributed by atoms with Crippen LogP contribution >= 0.6 is 0 Å². The zero-order valence-electron chi connectivity index (χ0n) is 6.38. The van der Waals surface area contributed by atoms with Crippen LogP contribution in [0.5, 0.6) is 0 Å². The average molecular weight is 152 g/mol. The molecule has 3 heteroatoms. The van der Waals surface area contributed by atoms with E-state index in [0.29, 0.717) is 6.61 Å². The van der Waals surface area contributed by atoms with E-state index >= 15 is 0 Å². The van der Waals surface area contributed by atoms with Gasteiger partial charge in [0.25, 0.3) is 0 Å². The summed E-state index contributed by atoms with van der Waals surface area (Å²) in [6, 6.07) is 0. The van der Waals surface area contributed by atoms with Gasteiger partial charge in [-0.1, -0.05) is 0 Å². The molecule has 0 amide bonds. The van der Waals surface area contributed by atoms with Gasteiger partial charge in [-0.05, 0) is 12.8 Å². The zero-order valence-corrected chi connectivity index (χ0v) is 6.38. The first kappa shape index (κ1) is 6.85. The van der Waals surface area contributed by atoms with Crippen molar-refractivity contribution in [3.05, 3.63) is 18.2 Å². The first-order chi connectivity index (χ1) is 5.35. The molecule has 2 N–H and O–H groups in total. The fourth-order valence-corrected chi connectivity index (χ4v) is 1.32. The predicted octanol–water partition coefficient (Wildman–Crippen LogP) is 0.725. The van der Waals surface area contributed by atoms with Gasteiger partial charge in [-0.3, -0.25) is 0 Å². The molecule has 2 rings (SSSR count). The molecule has 0 saturated heterocycles. The van der Waals surface area contributed by atoms with Gasteiger partial charge in [0.1, 0.15) is 5.82 Å². The molecule has 0 aliphatic heterocycles. The second-order valence-corrected chi connectivity index (χ2v) is 3.37. The highest BCUT2D eigenvalue weighted by Gasteiger charge is 2.42. The smallest absolute Gasteiger partial charge is 0.106 e. The molecule has 11 heavy (non-hydrogen) atoms. The summed E-state index contributed by atoms with van der Waals surface area (Å²) in [5, 5.41) is 9.01. The SMILES string of the molecule is OCC1(Cc2ncc[nH]2)CC1. The van der Waals surface area contributed by atoms with E-state index in [1.54, 1.807) is 6.20 Å². The van der Waals surface area contributed by atoms with Gasteiger partial charge >= 0.3 is 0 Å². The van der Waals surface area contributed by atoms with Crippen LogP contribution in [0.3, 0.4) is 0 Å². The Kier molecular flexibility index (Phi) is 1.46. The molecule has 1 aliphatic carbocycles. The summed E-state index contributed by atoms with van der Waals surface area (Å²) in [6.45, 7) is 0.299. The van der Waals surface area contributed by atoms with Crippen LogP contribution in [-0.4, -0.2) is 21.7 Å². The van der Waals surface area contributed by atoms with E-state index in [-0.39, 0.29) is 5.41 Å². The minimum absolute atomic E-state index is 0.178. The number of aromatic nitrogens is 2. The minimum atomic E-state index is 0.178.